The summed E-state index contributed by atoms with van der Waals surface area (Å²) in [4.78, 5) is 14.8. The molecular weight excluding hydrogens is 294 g/mol. The summed E-state index contributed by atoms with van der Waals surface area (Å²) in [6.07, 6.45) is 3.24. The van der Waals surface area contributed by atoms with Crippen LogP contribution in [0.4, 0.5) is 0 Å². The molecule has 15 heavy (non-hydrogen) atoms. The quantitative estimate of drug-likeness (QED) is 0.837. The summed E-state index contributed by atoms with van der Waals surface area (Å²) >= 11 is 6.74. The molecule has 1 saturated heterocycles. The predicted octanol–water partition coefficient (Wildman–Crippen LogP) is 3.09. The van der Waals surface area contributed by atoms with Crippen LogP contribution in [0, 0.1) is 0 Å². The molecule has 5 heteroatoms. The first kappa shape index (κ1) is 11.5. The number of likely N-dealkylation sites (tertiary alicyclic amines) is 1. The molecule has 0 aromatic carbocycles. The Labute approximate surface area is 106 Å². The van der Waals surface area contributed by atoms with Gasteiger partial charge in [0, 0.05) is 18.3 Å². The fourth-order valence-electron chi connectivity index (χ4n) is 1.69. The fourth-order valence-corrected chi connectivity index (χ4v) is 3.71. The average molecular weight is 306 g/mol. The maximum absolute atomic E-state index is 12.0. The molecule has 0 bridgehead atoms. The van der Waals surface area contributed by atoms with Crippen molar-refractivity contribution >= 4 is 44.9 Å². The SMILES string of the molecule is CSC1CCN(C(=O)c2ccc(Br)s2)C1. The number of hydrogen-bond donors (Lipinski definition) is 0. The standard InChI is InChI=1S/C10H12BrNOS2/c1-14-7-4-5-12(6-7)10(13)8-2-3-9(11)15-8/h2-3,7H,4-6H2,1H3. The number of rotatable bonds is 2. The summed E-state index contributed by atoms with van der Waals surface area (Å²) in [6, 6.07) is 3.82. The summed E-state index contributed by atoms with van der Waals surface area (Å²) in [7, 11) is 0. The van der Waals surface area contributed by atoms with Crippen LogP contribution in [0.1, 0.15) is 16.1 Å². The Balaban J connectivity index is 2.03. The van der Waals surface area contributed by atoms with Gasteiger partial charge in [0.1, 0.15) is 0 Å². The summed E-state index contributed by atoms with van der Waals surface area (Å²) in [5.41, 5.74) is 0. The topological polar surface area (TPSA) is 20.3 Å². The maximum atomic E-state index is 12.0. The van der Waals surface area contributed by atoms with E-state index in [2.05, 4.69) is 22.2 Å². The van der Waals surface area contributed by atoms with Crippen LogP contribution in [0.3, 0.4) is 0 Å². The van der Waals surface area contributed by atoms with Gasteiger partial charge in [-0.25, -0.2) is 0 Å². The predicted molar refractivity (Wildman–Crippen MR) is 69.8 cm³/mol. The zero-order chi connectivity index (χ0) is 10.8. The molecule has 2 rings (SSSR count). The van der Waals surface area contributed by atoms with Gasteiger partial charge in [-0.2, -0.15) is 11.8 Å². The number of halogens is 1. The Morgan fingerprint density at radius 1 is 1.67 bits per heavy atom. The molecule has 1 amide bonds. The van der Waals surface area contributed by atoms with Gasteiger partial charge >= 0.3 is 0 Å². The van der Waals surface area contributed by atoms with Gasteiger partial charge in [-0.1, -0.05) is 0 Å². The van der Waals surface area contributed by atoms with E-state index < -0.39 is 0 Å². The van der Waals surface area contributed by atoms with Crippen molar-refractivity contribution in [3.8, 4) is 0 Å². The van der Waals surface area contributed by atoms with E-state index >= 15 is 0 Å². The van der Waals surface area contributed by atoms with E-state index in [4.69, 9.17) is 0 Å². The van der Waals surface area contributed by atoms with Crippen molar-refractivity contribution in [2.75, 3.05) is 19.3 Å². The van der Waals surface area contributed by atoms with Crippen LogP contribution in [0.5, 0.6) is 0 Å². The highest BCUT2D eigenvalue weighted by Gasteiger charge is 2.26. The van der Waals surface area contributed by atoms with Crippen molar-refractivity contribution in [3.63, 3.8) is 0 Å². The van der Waals surface area contributed by atoms with Gasteiger partial charge in [0.05, 0.1) is 8.66 Å². The van der Waals surface area contributed by atoms with Gasteiger partial charge in [-0.05, 0) is 40.7 Å². The van der Waals surface area contributed by atoms with E-state index in [1.807, 2.05) is 28.8 Å². The smallest absolute Gasteiger partial charge is 0.263 e. The number of hydrogen-bond acceptors (Lipinski definition) is 3. The molecular formula is C10H12BrNOS2. The van der Waals surface area contributed by atoms with Crippen molar-refractivity contribution in [1.29, 1.82) is 0 Å². The Kier molecular flexibility index (Phi) is 3.74. The van der Waals surface area contributed by atoms with Gasteiger partial charge in [0.25, 0.3) is 5.91 Å². The van der Waals surface area contributed by atoms with Crippen molar-refractivity contribution < 1.29 is 4.79 Å². The van der Waals surface area contributed by atoms with Crippen LogP contribution in [-0.4, -0.2) is 35.4 Å². The van der Waals surface area contributed by atoms with E-state index in [1.54, 1.807) is 0 Å². The molecule has 1 aliphatic rings. The highest BCUT2D eigenvalue weighted by molar-refractivity contribution is 9.11. The normalized spacial score (nSPS) is 20.9. The maximum Gasteiger partial charge on any atom is 0.263 e. The van der Waals surface area contributed by atoms with Crippen LogP contribution in [0.2, 0.25) is 0 Å². The summed E-state index contributed by atoms with van der Waals surface area (Å²) < 4.78 is 1.02. The highest BCUT2D eigenvalue weighted by Crippen LogP contribution is 2.26. The van der Waals surface area contributed by atoms with E-state index in [-0.39, 0.29) is 5.91 Å². The molecule has 0 N–H and O–H groups in total. The molecule has 82 valence electrons. The molecule has 1 unspecified atom stereocenters. The number of nitrogens with zero attached hydrogens (tertiary/aromatic N) is 1. The first-order valence-corrected chi connectivity index (χ1v) is 7.68. The second-order valence-corrected chi connectivity index (χ2v) is 7.10. The lowest BCUT2D eigenvalue weighted by molar-refractivity contribution is 0.0798. The van der Waals surface area contributed by atoms with E-state index in [0.29, 0.717) is 5.25 Å². The number of thioether (sulfide) groups is 1. The monoisotopic (exact) mass is 305 g/mol. The van der Waals surface area contributed by atoms with E-state index in [1.165, 1.54) is 11.3 Å². The van der Waals surface area contributed by atoms with Gasteiger partial charge in [-0.15, -0.1) is 11.3 Å². The van der Waals surface area contributed by atoms with Crippen LogP contribution < -0.4 is 0 Å². The number of carbonyl (C=O) groups excluding carboxylic acids is 1. The molecule has 0 aliphatic carbocycles. The summed E-state index contributed by atoms with van der Waals surface area (Å²) in [6.45, 7) is 1.80. The minimum Gasteiger partial charge on any atom is -0.337 e. The average Bonchev–Trinajstić information content (AvgIpc) is 2.84. The first-order valence-electron chi connectivity index (χ1n) is 4.78. The number of thiophene rings is 1. The van der Waals surface area contributed by atoms with Gasteiger partial charge < -0.3 is 4.90 Å². The fraction of sp³-hybridized carbons (Fsp3) is 0.500. The molecule has 1 aromatic heterocycles. The van der Waals surface area contributed by atoms with Gasteiger partial charge in [0.2, 0.25) is 0 Å². The molecule has 1 aliphatic heterocycles. The van der Waals surface area contributed by atoms with Crippen molar-refractivity contribution in [2.24, 2.45) is 0 Å². The second-order valence-electron chi connectivity index (χ2n) is 3.50. The molecule has 1 atom stereocenters. The molecule has 2 nitrogen and oxygen atoms in total. The molecule has 0 radical (unpaired) electrons. The largest absolute Gasteiger partial charge is 0.337 e. The third kappa shape index (κ3) is 2.57. The third-order valence-corrected chi connectivity index (χ3v) is 5.21. The second kappa shape index (κ2) is 4.89. The Morgan fingerprint density at radius 3 is 3.00 bits per heavy atom. The Bertz CT molecular complexity index is 366. The lowest BCUT2D eigenvalue weighted by atomic mass is 10.4. The summed E-state index contributed by atoms with van der Waals surface area (Å²) in [5, 5.41) is 0.623. The number of carbonyl (C=O) groups is 1. The van der Waals surface area contributed by atoms with Crippen molar-refractivity contribution in [2.45, 2.75) is 11.7 Å². The zero-order valence-electron chi connectivity index (χ0n) is 8.40. The van der Waals surface area contributed by atoms with Crippen molar-refractivity contribution in [1.82, 2.24) is 4.90 Å². The highest BCUT2D eigenvalue weighted by atomic mass is 79.9. The number of amides is 1. The van der Waals surface area contributed by atoms with Crippen molar-refractivity contribution in [3.05, 3.63) is 20.8 Å². The molecule has 0 saturated carbocycles. The third-order valence-electron chi connectivity index (χ3n) is 2.55. The molecule has 0 spiro atoms. The summed E-state index contributed by atoms with van der Waals surface area (Å²) in [5.74, 6) is 0.183. The molecule has 1 aromatic rings. The first-order chi connectivity index (χ1) is 7.20. The van der Waals surface area contributed by atoms with Crippen LogP contribution >= 0.6 is 39.0 Å². The zero-order valence-corrected chi connectivity index (χ0v) is 11.6. The van der Waals surface area contributed by atoms with Gasteiger partial charge in [0.15, 0.2) is 0 Å². The van der Waals surface area contributed by atoms with Crippen LogP contribution in [-0.2, 0) is 0 Å². The Hall–Kier alpha value is -0.0000000000000000833. The minimum atomic E-state index is 0.183. The van der Waals surface area contributed by atoms with Crippen LogP contribution in [0.15, 0.2) is 15.9 Å². The molecule has 2 heterocycles. The lowest BCUT2D eigenvalue weighted by Gasteiger charge is -2.14. The lowest BCUT2D eigenvalue weighted by Crippen LogP contribution is -2.28. The van der Waals surface area contributed by atoms with Crippen LogP contribution in [0.25, 0.3) is 0 Å². The van der Waals surface area contributed by atoms with Gasteiger partial charge in [-0.3, -0.25) is 4.79 Å². The minimum absolute atomic E-state index is 0.183. The molecule has 1 fully saturated rings. The van der Waals surface area contributed by atoms with E-state index in [9.17, 15) is 4.79 Å². The Morgan fingerprint density at radius 2 is 2.47 bits per heavy atom. The van der Waals surface area contributed by atoms with E-state index in [0.717, 1.165) is 28.2 Å².